The van der Waals surface area contributed by atoms with Gasteiger partial charge in [0, 0.05) is 6.04 Å². The van der Waals surface area contributed by atoms with Crippen LogP contribution in [-0.4, -0.2) is 42.2 Å². The van der Waals surface area contributed by atoms with E-state index in [4.69, 9.17) is 5.11 Å². The topological polar surface area (TPSA) is 23.5 Å². The van der Waals surface area contributed by atoms with Crippen molar-refractivity contribution in [3.63, 3.8) is 0 Å². The molecule has 0 saturated carbocycles. The van der Waals surface area contributed by atoms with Crippen molar-refractivity contribution >= 4 is 0 Å². The summed E-state index contributed by atoms with van der Waals surface area (Å²) < 4.78 is 24.0. The molecular weight excluding hydrogens is 152 g/mol. The molecule has 1 aliphatic heterocycles. The van der Waals surface area contributed by atoms with Crippen LogP contribution >= 0.6 is 0 Å². The van der Waals surface area contributed by atoms with Gasteiger partial charge in [0.1, 0.15) is 6.10 Å². The van der Waals surface area contributed by atoms with Crippen LogP contribution in [0.5, 0.6) is 0 Å². The first-order valence-corrected chi connectivity index (χ1v) is 3.79. The Hall–Kier alpha value is -0.220. The van der Waals surface area contributed by atoms with E-state index >= 15 is 0 Å². The van der Waals surface area contributed by atoms with Crippen LogP contribution in [0.1, 0.15) is 12.8 Å². The molecule has 11 heavy (non-hydrogen) atoms. The van der Waals surface area contributed by atoms with Crippen molar-refractivity contribution in [1.82, 2.24) is 4.90 Å². The number of likely N-dealkylation sites (tertiary alicyclic amines) is 1. The van der Waals surface area contributed by atoms with Crippen LogP contribution in [0, 0.1) is 0 Å². The molecule has 1 fully saturated rings. The number of nitrogens with zero attached hydrogens (tertiary/aromatic N) is 1. The van der Waals surface area contributed by atoms with E-state index in [1.54, 1.807) is 11.9 Å². The Labute approximate surface area is 64.8 Å². The van der Waals surface area contributed by atoms with Crippen LogP contribution in [0.15, 0.2) is 0 Å². The molecule has 0 aromatic heterocycles. The minimum absolute atomic E-state index is 0.338. The zero-order valence-corrected chi connectivity index (χ0v) is 6.50. The van der Waals surface area contributed by atoms with Crippen molar-refractivity contribution in [3.05, 3.63) is 0 Å². The summed E-state index contributed by atoms with van der Waals surface area (Å²) in [6, 6.07) is -0.338. The molecule has 1 unspecified atom stereocenters. The first-order valence-electron chi connectivity index (χ1n) is 3.79. The third kappa shape index (κ3) is 1.87. The number of halogens is 2. The maximum Gasteiger partial charge on any atom is 0.265 e. The van der Waals surface area contributed by atoms with Crippen LogP contribution in [0.2, 0.25) is 0 Å². The maximum absolute atomic E-state index is 12.0. The third-order valence-corrected chi connectivity index (χ3v) is 2.23. The Balaban J connectivity index is 2.45. The van der Waals surface area contributed by atoms with Crippen molar-refractivity contribution < 1.29 is 13.9 Å². The van der Waals surface area contributed by atoms with E-state index in [9.17, 15) is 8.78 Å². The molecule has 0 aromatic carbocycles. The zero-order chi connectivity index (χ0) is 8.43. The van der Waals surface area contributed by atoms with Gasteiger partial charge in [-0.1, -0.05) is 0 Å². The normalized spacial score (nSPS) is 29.7. The van der Waals surface area contributed by atoms with Crippen molar-refractivity contribution in [2.75, 3.05) is 13.6 Å². The van der Waals surface area contributed by atoms with Gasteiger partial charge in [-0.05, 0) is 26.4 Å². The van der Waals surface area contributed by atoms with Gasteiger partial charge < -0.3 is 10.0 Å². The van der Waals surface area contributed by atoms with Crippen molar-refractivity contribution in [1.29, 1.82) is 0 Å². The number of hydrogen-bond acceptors (Lipinski definition) is 2. The molecule has 1 aliphatic rings. The SMILES string of the molecule is CN1CCC[C@H]1C(O)C(F)F. The minimum atomic E-state index is -2.61. The highest BCUT2D eigenvalue weighted by Crippen LogP contribution is 2.21. The average Bonchev–Trinajstić information content (AvgIpc) is 2.33. The van der Waals surface area contributed by atoms with Gasteiger partial charge in [-0.25, -0.2) is 8.78 Å². The predicted molar refractivity (Wildman–Crippen MR) is 37.7 cm³/mol. The summed E-state index contributed by atoms with van der Waals surface area (Å²) in [4.78, 5) is 1.79. The Morgan fingerprint density at radius 2 is 2.18 bits per heavy atom. The number of likely N-dealkylation sites (N-methyl/N-ethyl adjacent to an activating group) is 1. The Kier molecular flexibility index (Phi) is 2.78. The predicted octanol–water partition coefficient (Wildman–Crippen LogP) is 0.707. The van der Waals surface area contributed by atoms with E-state index < -0.39 is 12.5 Å². The molecule has 0 radical (unpaired) electrons. The van der Waals surface area contributed by atoms with E-state index in [-0.39, 0.29) is 6.04 Å². The summed E-state index contributed by atoms with van der Waals surface area (Å²) in [5, 5.41) is 9.00. The molecule has 1 rings (SSSR count). The monoisotopic (exact) mass is 165 g/mol. The smallest absolute Gasteiger partial charge is 0.265 e. The van der Waals surface area contributed by atoms with Gasteiger partial charge >= 0.3 is 0 Å². The van der Waals surface area contributed by atoms with Crippen molar-refractivity contribution in [2.45, 2.75) is 31.4 Å². The van der Waals surface area contributed by atoms with Crippen LogP contribution in [0.3, 0.4) is 0 Å². The summed E-state index contributed by atoms with van der Waals surface area (Å²) >= 11 is 0. The molecule has 1 saturated heterocycles. The zero-order valence-electron chi connectivity index (χ0n) is 6.50. The summed E-state index contributed by atoms with van der Waals surface area (Å²) in [7, 11) is 1.77. The maximum atomic E-state index is 12.0. The molecule has 0 bridgehead atoms. The van der Waals surface area contributed by atoms with Crippen LogP contribution in [0.25, 0.3) is 0 Å². The lowest BCUT2D eigenvalue weighted by Gasteiger charge is -2.23. The van der Waals surface area contributed by atoms with Crippen molar-refractivity contribution in [3.8, 4) is 0 Å². The molecule has 66 valence electrons. The first kappa shape index (κ1) is 8.87. The van der Waals surface area contributed by atoms with Gasteiger partial charge in [-0.3, -0.25) is 0 Å². The summed E-state index contributed by atoms with van der Waals surface area (Å²) in [5.41, 5.74) is 0. The molecule has 0 aliphatic carbocycles. The highest BCUT2D eigenvalue weighted by Gasteiger charge is 2.33. The van der Waals surface area contributed by atoms with E-state index in [1.165, 1.54) is 0 Å². The fourth-order valence-electron chi connectivity index (χ4n) is 1.54. The largest absolute Gasteiger partial charge is 0.386 e. The van der Waals surface area contributed by atoms with Gasteiger partial charge in [0.05, 0.1) is 0 Å². The molecule has 0 amide bonds. The van der Waals surface area contributed by atoms with Crippen LogP contribution < -0.4 is 0 Å². The molecular formula is C7H13F2NO. The van der Waals surface area contributed by atoms with Gasteiger partial charge in [0.25, 0.3) is 6.43 Å². The van der Waals surface area contributed by atoms with Crippen molar-refractivity contribution in [2.24, 2.45) is 0 Å². The number of alkyl halides is 2. The Morgan fingerprint density at radius 1 is 1.55 bits per heavy atom. The summed E-state index contributed by atoms with van der Waals surface area (Å²) in [6.45, 7) is 0.814. The van der Waals surface area contributed by atoms with Gasteiger partial charge in [-0.2, -0.15) is 0 Å². The second-order valence-electron chi connectivity index (χ2n) is 3.02. The standard InChI is InChI=1S/C7H13F2NO/c1-10-4-2-3-5(10)6(11)7(8)9/h5-7,11H,2-4H2,1H3/t5-,6?/m0/s1. The Bertz CT molecular complexity index is 132. The van der Waals surface area contributed by atoms with Gasteiger partial charge in [-0.15, -0.1) is 0 Å². The van der Waals surface area contributed by atoms with Crippen LogP contribution in [-0.2, 0) is 0 Å². The fourth-order valence-corrected chi connectivity index (χ4v) is 1.54. The lowest BCUT2D eigenvalue weighted by atomic mass is 10.1. The average molecular weight is 165 g/mol. The number of rotatable bonds is 2. The molecule has 2 atom stereocenters. The lowest BCUT2D eigenvalue weighted by molar-refractivity contribution is -0.0426. The molecule has 2 nitrogen and oxygen atoms in total. The molecule has 0 spiro atoms. The number of aliphatic hydroxyl groups excluding tert-OH is 1. The second-order valence-corrected chi connectivity index (χ2v) is 3.02. The van der Waals surface area contributed by atoms with E-state index in [0.717, 1.165) is 13.0 Å². The molecule has 1 heterocycles. The van der Waals surface area contributed by atoms with Gasteiger partial charge in [0.15, 0.2) is 0 Å². The molecule has 1 N–H and O–H groups in total. The van der Waals surface area contributed by atoms with E-state index in [2.05, 4.69) is 0 Å². The third-order valence-electron chi connectivity index (χ3n) is 2.23. The first-order chi connectivity index (χ1) is 5.13. The quantitative estimate of drug-likeness (QED) is 0.651. The highest BCUT2D eigenvalue weighted by molar-refractivity contribution is 4.83. The summed E-state index contributed by atoms with van der Waals surface area (Å²) in [5.74, 6) is 0. The number of hydrogen-bond donors (Lipinski definition) is 1. The Morgan fingerprint density at radius 3 is 2.55 bits per heavy atom. The number of aliphatic hydroxyl groups is 1. The lowest BCUT2D eigenvalue weighted by Crippen LogP contribution is -2.40. The van der Waals surface area contributed by atoms with Gasteiger partial charge in [0.2, 0.25) is 0 Å². The minimum Gasteiger partial charge on any atom is -0.386 e. The summed E-state index contributed by atoms with van der Waals surface area (Å²) in [6.07, 6.45) is -2.49. The highest BCUT2D eigenvalue weighted by atomic mass is 19.3. The second kappa shape index (κ2) is 3.45. The fraction of sp³-hybridized carbons (Fsp3) is 1.00. The molecule has 4 heteroatoms. The van der Waals surface area contributed by atoms with E-state index in [1.807, 2.05) is 0 Å². The molecule has 0 aromatic rings. The van der Waals surface area contributed by atoms with Crippen LogP contribution in [0.4, 0.5) is 8.78 Å². The van der Waals surface area contributed by atoms with E-state index in [0.29, 0.717) is 6.42 Å².